The first-order valence-corrected chi connectivity index (χ1v) is 9.79. The first-order chi connectivity index (χ1) is 13.1. The molecule has 3 aromatic carbocycles. The van der Waals surface area contributed by atoms with Crippen LogP contribution in [0.4, 0.5) is 5.69 Å². The summed E-state index contributed by atoms with van der Waals surface area (Å²) in [5, 5.41) is 2.78. The van der Waals surface area contributed by atoms with Crippen LogP contribution in [-0.4, -0.2) is 11.2 Å². The third-order valence-electron chi connectivity index (χ3n) is 4.07. The summed E-state index contributed by atoms with van der Waals surface area (Å²) in [6.07, 6.45) is 0. The van der Waals surface area contributed by atoms with E-state index in [1.54, 1.807) is 11.8 Å². The van der Waals surface area contributed by atoms with Gasteiger partial charge in [-0.25, -0.2) is 0 Å². The van der Waals surface area contributed by atoms with Crippen LogP contribution in [0.2, 0.25) is 0 Å². The highest BCUT2D eigenvalue weighted by molar-refractivity contribution is 8.00. The summed E-state index contributed by atoms with van der Waals surface area (Å²) in [6.45, 7) is 4.49. The molecule has 0 aliphatic rings. The molecule has 0 spiro atoms. The highest BCUT2D eigenvalue weighted by Gasteiger charge is 2.14. The summed E-state index contributed by atoms with van der Waals surface area (Å²) >= 11 is 1.55. The van der Waals surface area contributed by atoms with E-state index in [0.717, 1.165) is 21.9 Å². The topological polar surface area (TPSA) is 38.3 Å². The minimum atomic E-state index is -0.179. The Morgan fingerprint density at radius 1 is 0.963 bits per heavy atom. The minimum absolute atomic E-state index is 0.0153. The van der Waals surface area contributed by atoms with Crippen molar-refractivity contribution in [1.82, 2.24) is 0 Å². The Bertz CT molecular complexity index is 861. The molecule has 3 nitrogen and oxygen atoms in total. The molecule has 0 bridgehead atoms. The first kappa shape index (κ1) is 19.1. The maximum Gasteiger partial charge on any atom is 0.237 e. The maximum absolute atomic E-state index is 12.4. The smallest absolute Gasteiger partial charge is 0.237 e. The van der Waals surface area contributed by atoms with Crippen molar-refractivity contribution in [3.63, 3.8) is 0 Å². The SMILES string of the molecule is Cc1ccc(S[C@@H](C)C(=O)Nc2ccc(OCc3ccccc3)cc2)cc1. The lowest BCUT2D eigenvalue weighted by Crippen LogP contribution is -2.22. The highest BCUT2D eigenvalue weighted by atomic mass is 32.2. The van der Waals surface area contributed by atoms with Gasteiger partial charge in [0.2, 0.25) is 5.91 Å². The molecule has 0 aliphatic carbocycles. The van der Waals surface area contributed by atoms with Crippen LogP contribution in [0, 0.1) is 6.92 Å². The number of anilines is 1. The number of aryl methyl sites for hydroxylation is 1. The normalized spacial score (nSPS) is 11.6. The number of carbonyl (C=O) groups excluding carboxylic acids is 1. The van der Waals surface area contributed by atoms with E-state index in [9.17, 15) is 4.79 Å². The molecular formula is C23H23NO2S. The van der Waals surface area contributed by atoms with Crippen molar-refractivity contribution in [3.05, 3.63) is 90.0 Å². The quantitative estimate of drug-likeness (QED) is 0.537. The van der Waals surface area contributed by atoms with Crippen LogP contribution < -0.4 is 10.1 Å². The van der Waals surface area contributed by atoms with E-state index in [1.165, 1.54) is 5.56 Å². The molecular weight excluding hydrogens is 354 g/mol. The van der Waals surface area contributed by atoms with Crippen molar-refractivity contribution in [1.29, 1.82) is 0 Å². The Hall–Kier alpha value is -2.72. The van der Waals surface area contributed by atoms with Gasteiger partial charge in [-0.15, -0.1) is 11.8 Å². The zero-order chi connectivity index (χ0) is 19.1. The monoisotopic (exact) mass is 377 g/mol. The fraction of sp³-hybridized carbons (Fsp3) is 0.174. The van der Waals surface area contributed by atoms with Crippen molar-refractivity contribution >= 4 is 23.4 Å². The summed E-state index contributed by atoms with van der Waals surface area (Å²) in [7, 11) is 0. The average Bonchev–Trinajstić information content (AvgIpc) is 2.70. The zero-order valence-corrected chi connectivity index (χ0v) is 16.3. The van der Waals surface area contributed by atoms with Gasteiger partial charge in [0.1, 0.15) is 12.4 Å². The van der Waals surface area contributed by atoms with Crippen molar-refractivity contribution in [2.24, 2.45) is 0 Å². The van der Waals surface area contributed by atoms with Gasteiger partial charge >= 0.3 is 0 Å². The predicted octanol–water partition coefficient (Wildman–Crippen LogP) is 5.69. The van der Waals surface area contributed by atoms with E-state index in [4.69, 9.17) is 4.74 Å². The molecule has 27 heavy (non-hydrogen) atoms. The van der Waals surface area contributed by atoms with Crippen LogP contribution in [0.3, 0.4) is 0 Å². The van der Waals surface area contributed by atoms with Gasteiger partial charge in [-0.05, 0) is 55.8 Å². The molecule has 0 aromatic heterocycles. The second kappa shape index (κ2) is 9.28. The van der Waals surface area contributed by atoms with Gasteiger partial charge in [-0.1, -0.05) is 48.0 Å². The number of rotatable bonds is 7. The Balaban J connectivity index is 1.51. The van der Waals surface area contributed by atoms with Crippen LogP contribution in [-0.2, 0) is 11.4 Å². The lowest BCUT2D eigenvalue weighted by atomic mass is 10.2. The molecule has 0 saturated heterocycles. The Kier molecular flexibility index (Phi) is 6.55. The number of carbonyl (C=O) groups is 1. The van der Waals surface area contributed by atoms with Gasteiger partial charge in [-0.3, -0.25) is 4.79 Å². The van der Waals surface area contributed by atoms with E-state index in [-0.39, 0.29) is 11.2 Å². The maximum atomic E-state index is 12.4. The van der Waals surface area contributed by atoms with E-state index in [2.05, 4.69) is 24.4 Å². The van der Waals surface area contributed by atoms with E-state index in [0.29, 0.717) is 6.61 Å². The Morgan fingerprint density at radius 2 is 1.63 bits per heavy atom. The molecule has 1 atom stereocenters. The van der Waals surface area contributed by atoms with Crippen molar-refractivity contribution in [2.75, 3.05) is 5.32 Å². The summed E-state index contributed by atoms with van der Waals surface area (Å²) in [4.78, 5) is 13.5. The zero-order valence-electron chi connectivity index (χ0n) is 15.5. The van der Waals surface area contributed by atoms with Gasteiger partial charge in [0, 0.05) is 10.6 Å². The molecule has 0 heterocycles. The van der Waals surface area contributed by atoms with E-state index >= 15 is 0 Å². The second-order valence-electron chi connectivity index (χ2n) is 6.36. The summed E-state index contributed by atoms with van der Waals surface area (Å²) in [5.74, 6) is 0.762. The number of benzene rings is 3. The molecule has 0 unspecified atom stereocenters. The summed E-state index contributed by atoms with van der Waals surface area (Å²) < 4.78 is 5.77. The Labute approximate surface area is 164 Å². The standard InChI is InChI=1S/C23H23NO2S/c1-17-8-14-22(15-9-17)27-18(2)23(25)24-20-10-12-21(13-11-20)26-16-19-6-4-3-5-7-19/h3-15,18H,16H2,1-2H3,(H,24,25)/t18-/m0/s1. The summed E-state index contributed by atoms with van der Waals surface area (Å²) in [5.41, 5.74) is 3.10. The summed E-state index contributed by atoms with van der Waals surface area (Å²) in [6, 6.07) is 25.7. The molecule has 3 aromatic rings. The number of nitrogens with one attached hydrogen (secondary N) is 1. The molecule has 0 saturated carbocycles. The largest absolute Gasteiger partial charge is 0.489 e. The third kappa shape index (κ3) is 5.90. The lowest BCUT2D eigenvalue weighted by molar-refractivity contribution is -0.115. The Morgan fingerprint density at radius 3 is 2.30 bits per heavy atom. The molecule has 0 fully saturated rings. The molecule has 138 valence electrons. The molecule has 0 aliphatic heterocycles. The number of hydrogen-bond donors (Lipinski definition) is 1. The van der Waals surface area contributed by atoms with E-state index < -0.39 is 0 Å². The van der Waals surface area contributed by atoms with Gasteiger partial charge in [0.15, 0.2) is 0 Å². The van der Waals surface area contributed by atoms with Crippen LogP contribution in [0.1, 0.15) is 18.1 Å². The first-order valence-electron chi connectivity index (χ1n) is 8.91. The van der Waals surface area contributed by atoms with Crippen LogP contribution in [0.25, 0.3) is 0 Å². The molecule has 1 N–H and O–H groups in total. The van der Waals surface area contributed by atoms with Crippen LogP contribution >= 0.6 is 11.8 Å². The average molecular weight is 378 g/mol. The highest BCUT2D eigenvalue weighted by Crippen LogP contribution is 2.25. The molecule has 4 heteroatoms. The fourth-order valence-corrected chi connectivity index (χ4v) is 3.36. The van der Waals surface area contributed by atoms with Gasteiger partial charge in [-0.2, -0.15) is 0 Å². The number of hydrogen-bond acceptors (Lipinski definition) is 3. The predicted molar refractivity (Wildman–Crippen MR) is 112 cm³/mol. The fourth-order valence-electron chi connectivity index (χ4n) is 2.49. The van der Waals surface area contributed by atoms with Crippen molar-refractivity contribution < 1.29 is 9.53 Å². The van der Waals surface area contributed by atoms with E-state index in [1.807, 2.05) is 73.7 Å². The van der Waals surface area contributed by atoms with Crippen molar-refractivity contribution in [3.8, 4) is 5.75 Å². The van der Waals surface area contributed by atoms with Gasteiger partial charge in [0.25, 0.3) is 0 Å². The second-order valence-corrected chi connectivity index (χ2v) is 7.78. The molecule has 1 amide bonds. The molecule has 3 rings (SSSR count). The van der Waals surface area contributed by atoms with Gasteiger partial charge < -0.3 is 10.1 Å². The number of thioether (sulfide) groups is 1. The van der Waals surface area contributed by atoms with Crippen LogP contribution in [0.15, 0.2) is 83.8 Å². The van der Waals surface area contributed by atoms with Gasteiger partial charge in [0.05, 0.1) is 5.25 Å². The third-order valence-corrected chi connectivity index (χ3v) is 5.19. The number of ether oxygens (including phenoxy) is 1. The molecule has 0 radical (unpaired) electrons. The minimum Gasteiger partial charge on any atom is -0.489 e. The number of amides is 1. The van der Waals surface area contributed by atoms with Crippen molar-refractivity contribution in [2.45, 2.75) is 30.6 Å². The van der Waals surface area contributed by atoms with Crippen LogP contribution in [0.5, 0.6) is 5.75 Å². The lowest BCUT2D eigenvalue weighted by Gasteiger charge is -2.13.